The Labute approximate surface area is 99.4 Å². The summed E-state index contributed by atoms with van der Waals surface area (Å²) in [4.78, 5) is 0. The Kier molecular flexibility index (Phi) is 4.21. The van der Waals surface area contributed by atoms with E-state index < -0.39 is 0 Å². The fraction of sp³-hybridized carbons (Fsp3) is 0.500. The van der Waals surface area contributed by atoms with Crippen molar-refractivity contribution in [2.45, 2.75) is 45.4 Å². The first-order valence-electron chi connectivity index (χ1n) is 6.64. The maximum Gasteiger partial charge on any atom is -0.0228 e. The summed E-state index contributed by atoms with van der Waals surface area (Å²) >= 11 is 0. The topological polar surface area (TPSA) is 0 Å². The van der Waals surface area contributed by atoms with Gasteiger partial charge < -0.3 is 0 Å². The van der Waals surface area contributed by atoms with Gasteiger partial charge in [-0.2, -0.15) is 0 Å². The molecule has 1 atom stereocenters. The van der Waals surface area contributed by atoms with E-state index in [4.69, 9.17) is 0 Å². The molecule has 0 spiro atoms. The minimum absolute atomic E-state index is 0.951. The van der Waals surface area contributed by atoms with E-state index in [0.717, 1.165) is 5.92 Å². The molecule has 0 bridgehead atoms. The van der Waals surface area contributed by atoms with Crippen LogP contribution in [0.3, 0.4) is 0 Å². The second-order valence-corrected chi connectivity index (χ2v) is 4.88. The van der Waals surface area contributed by atoms with Gasteiger partial charge in [0, 0.05) is 0 Å². The van der Waals surface area contributed by atoms with Crippen molar-refractivity contribution in [1.82, 2.24) is 0 Å². The van der Waals surface area contributed by atoms with Crippen LogP contribution in [-0.2, 0) is 0 Å². The average molecular weight is 214 g/mol. The van der Waals surface area contributed by atoms with Crippen molar-refractivity contribution in [3.05, 3.63) is 42.0 Å². The molecule has 1 aliphatic rings. The average Bonchev–Trinajstić information content (AvgIpc) is 2.38. The molecule has 1 aliphatic carbocycles. The van der Waals surface area contributed by atoms with Crippen molar-refractivity contribution >= 4 is 5.57 Å². The van der Waals surface area contributed by atoms with E-state index in [0.29, 0.717) is 0 Å². The zero-order chi connectivity index (χ0) is 11.2. The van der Waals surface area contributed by atoms with E-state index in [-0.39, 0.29) is 0 Å². The second-order valence-electron chi connectivity index (χ2n) is 4.88. The highest BCUT2D eigenvalue weighted by molar-refractivity contribution is 5.66. The summed E-state index contributed by atoms with van der Waals surface area (Å²) in [5, 5.41) is 0. The van der Waals surface area contributed by atoms with Crippen LogP contribution in [0, 0.1) is 5.92 Å². The quantitative estimate of drug-likeness (QED) is 0.657. The van der Waals surface area contributed by atoms with Gasteiger partial charge >= 0.3 is 0 Å². The Morgan fingerprint density at radius 3 is 2.62 bits per heavy atom. The van der Waals surface area contributed by atoms with Crippen molar-refractivity contribution in [3.63, 3.8) is 0 Å². The van der Waals surface area contributed by atoms with Gasteiger partial charge in [-0.3, -0.25) is 0 Å². The largest absolute Gasteiger partial charge is 0.0804 e. The Bertz CT molecular complexity index is 334. The molecular weight excluding hydrogens is 192 g/mol. The number of unbranched alkanes of at least 4 members (excludes halogenated alkanes) is 1. The Morgan fingerprint density at radius 1 is 1.19 bits per heavy atom. The molecule has 16 heavy (non-hydrogen) atoms. The standard InChI is InChI=1S/C16H22/c1-2-3-7-14-10-12-16(13-11-14)15-8-5-4-6-9-15/h4-6,8-9,12,14H,2-3,7,10-11,13H2,1H3. The first kappa shape index (κ1) is 11.4. The summed E-state index contributed by atoms with van der Waals surface area (Å²) in [6.07, 6.45) is 10.6. The van der Waals surface area contributed by atoms with Gasteiger partial charge in [0.1, 0.15) is 0 Å². The minimum Gasteiger partial charge on any atom is -0.0804 e. The molecule has 0 nitrogen and oxygen atoms in total. The lowest BCUT2D eigenvalue weighted by Crippen LogP contribution is -2.05. The van der Waals surface area contributed by atoms with Gasteiger partial charge in [0.25, 0.3) is 0 Å². The van der Waals surface area contributed by atoms with E-state index in [9.17, 15) is 0 Å². The van der Waals surface area contributed by atoms with Gasteiger partial charge in [-0.25, -0.2) is 0 Å². The van der Waals surface area contributed by atoms with Gasteiger partial charge in [0.15, 0.2) is 0 Å². The van der Waals surface area contributed by atoms with Crippen LogP contribution in [-0.4, -0.2) is 0 Å². The van der Waals surface area contributed by atoms with Crippen molar-refractivity contribution in [1.29, 1.82) is 0 Å². The molecule has 0 fully saturated rings. The molecule has 0 aromatic heterocycles. The molecule has 0 aliphatic heterocycles. The molecule has 0 N–H and O–H groups in total. The summed E-state index contributed by atoms with van der Waals surface area (Å²) in [5.41, 5.74) is 2.99. The van der Waals surface area contributed by atoms with E-state index >= 15 is 0 Å². The van der Waals surface area contributed by atoms with Crippen LogP contribution in [0.5, 0.6) is 0 Å². The molecule has 1 aromatic rings. The first-order valence-corrected chi connectivity index (χ1v) is 6.64. The number of allylic oxidation sites excluding steroid dienone is 2. The van der Waals surface area contributed by atoms with E-state index in [1.54, 1.807) is 5.57 Å². The SMILES string of the molecule is CCCCC1CC=C(c2ccccc2)CC1. The lowest BCUT2D eigenvalue weighted by Gasteiger charge is -2.21. The fourth-order valence-electron chi connectivity index (χ4n) is 2.56. The van der Waals surface area contributed by atoms with E-state index in [1.165, 1.54) is 44.1 Å². The summed E-state index contributed by atoms with van der Waals surface area (Å²) in [7, 11) is 0. The molecule has 0 saturated heterocycles. The van der Waals surface area contributed by atoms with Gasteiger partial charge in [-0.05, 0) is 36.3 Å². The predicted octanol–water partition coefficient (Wildman–Crippen LogP) is 5.06. The number of benzene rings is 1. The van der Waals surface area contributed by atoms with E-state index in [2.05, 4.69) is 43.3 Å². The van der Waals surface area contributed by atoms with Crippen LogP contribution >= 0.6 is 0 Å². The van der Waals surface area contributed by atoms with Crippen LogP contribution in [0.2, 0.25) is 0 Å². The van der Waals surface area contributed by atoms with Crippen LogP contribution in [0.4, 0.5) is 0 Å². The Hall–Kier alpha value is -1.04. The van der Waals surface area contributed by atoms with Crippen LogP contribution in [0.25, 0.3) is 5.57 Å². The molecule has 0 radical (unpaired) electrons. The smallest absolute Gasteiger partial charge is 0.0228 e. The monoisotopic (exact) mass is 214 g/mol. The molecule has 0 heterocycles. The van der Waals surface area contributed by atoms with Crippen molar-refractivity contribution < 1.29 is 0 Å². The number of rotatable bonds is 4. The molecule has 1 aromatic carbocycles. The third kappa shape index (κ3) is 2.98. The van der Waals surface area contributed by atoms with Gasteiger partial charge in [0.2, 0.25) is 0 Å². The van der Waals surface area contributed by atoms with Crippen LogP contribution in [0.15, 0.2) is 36.4 Å². The molecule has 2 rings (SSSR count). The highest BCUT2D eigenvalue weighted by Crippen LogP contribution is 2.32. The maximum atomic E-state index is 2.47. The van der Waals surface area contributed by atoms with Crippen LogP contribution in [0.1, 0.15) is 51.0 Å². The molecule has 86 valence electrons. The highest BCUT2D eigenvalue weighted by atomic mass is 14.2. The lowest BCUT2D eigenvalue weighted by atomic mass is 9.84. The van der Waals surface area contributed by atoms with E-state index in [1.807, 2.05) is 0 Å². The zero-order valence-electron chi connectivity index (χ0n) is 10.3. The summed E-state index contributed by atoms with van der Waals surface area (Å²) in [5.74, 6) is 0.951. The zero-order valence-corrected chi connectivity index (χ0v) is 10.3. The molecule has 0 saturated carbocycles. The Morgan fingerprint density at radius 2 is 2.00 bits per heavy atom. The summed E-state index contributed by atoms with van der Waals surface area (Å²) < 4.78 is 0. The Balaban J connectivity index is 1.93. The molecular formula is C16H22. The van der Waals surface area contributed by atoms with Crippen molar-refractivity contribution in [2.24, 2.45) is 5.92 Å². The third-order valence-electron chi connectivity index (χ3n) is 3.63. The predicted molar refractivity (Wildman–Crippen MR) is 71.3 cm³/mol. The first-order chi connectivity index (χ1) is 7.90. The van der Waals surface area contributed by atoms with Gasteiger partial charge in [-0.15, -0.1) is 0 Å². The third-order valence-corrected chi connectivity index (χ3v) is 3.63. The second kappa shape index (κ2) is 5.89. The molecule has 1 unspecified atom stereocenters. The number of hydrogen-bond donors (Lipinski definition) is 0. The number of hydrogen-bond acceptors (Lipinski definition) is 0. The van der Waals surface area contributed by atoms with Crippen molar-refractivity contribution in [2.75, 3.05) is 0 Å². The van der Waals surface area contributed by atoms with Gasteiger partial charge in [-0.1, -0.05) is 62.6 Å². The maximum absolute atomic E-state index is 2.47. The minimum atomic E-state index is 0.951. The fourth-order valence-corrected chi connectivity index (χ4v) is 2.56. The lowest BCUT2D eigenvalue weighted by molar-refractivity contribution is 0.434. The molecule has 0 heteroatoms. The summed E-state index contributed by atoms with van der Waals surface area (Å²) in [6.45, 7) is 2.29. The molecule has 0 amide bonds. The van der Waals surface area contributed by atoms with Gasteiger partial charge in [0.05, 0.1) is 0 Å². The normalized spacial score (nSPS) is 20.6. The highest BCUT2D eigenvalue weighted by Gasteiger charge is 2.14. The van der Waals surface area contributed by atoms with Crippen molar-refractivity contribution in [3.8, 4) is 0 Å². The van der Waals surface area contributed by atoms with Crippen LogP contribution < -0.4 is 0 Å². The summed E-state index contributed by atoms with van der Waals surface area (Å²) in [6, 6.07) is 10.8.